The van der Waals surface area contributed by atoms with Gasteiger partial charge in [0.1, 0.15) is 0 Å². The molecule has 1 atom stereocenters. The van der Waals surface area contributed by atoms with Gasteiger partial charge in [-0.05, 0) is 36.0 Å². The maximum atomic E-state index is 5.40. The first-order valence-corrected chi connectivity index (χ1v) is 6.77. The molecule has 98 valence electrons. The quantitative estimate of drug-likeness (QED) is 0.890. The monoisotopic (exact) mass is 247 g/mol. The zero-order valence-corrected chi connectivity index (χ0v) is 11.2. The normalized spacial score (nSPS) is 24.4. The summed E-state index contributed by atoms with van der Waals surface area (Å²) in [5.74, 6) is 1.74. The molecule has 0 spiro atoms. The molecule has 1 unspecified atom stereocenters. The van der Waals surface area contributed by atoms with Crippen LogP contribution in [-0.2, 0) is 6.54 Å². The largest absolute Gasteiger partial charge is 0.454 e. The van der Waals surface area contributed by atoms with E-state index in [1.807, 2.05) is 6.07 Å². The summed E-state index contributed by atoms with van der Waals surface area (Å²) in [6.07, 6.45) is 3.95. The smallest absolute Gasteiger partial charge is 0.231 e. The van der Waals surface area contributed by atoms with Crippen LogP contribution in [-0.4, -0.2) is 12.8 Å². The van der Waals surface area contributed by atoms with Crippen molar-refractivity contribution >= 4 is 0 Å². The van der Waals surface area contributed by atoms with Gasteiger partial charge in [-0.1, -0.05) is 26.3 Å². The molecule has 1 N–H and O–H groups in total. The SMILES string of the molecule is CC1(C)CCCC1NCc1ccc2c(c1)OCO2. The Morgan fingerprint density at radius 3 is 2.89 bits per heavy atom. The van der Waals surface area contributed by atoms with E-state index in [9.17, 15) is 0 Å². The lowest BCUT2D eigenvalue weighted by Crippen LogP contribution is -2.37. The van der Waals surface area contributed by atoms with Crippen molar-refractivity contribution in [3.8, 4) is 11.5 Å². The number of benzene rings is 1. The Kier molecular flexibility index (Phi) is 2.94. The van der Waals surface area contributed by atoms with Gasteiger partial charge in [0.05, 0.1) is 0 Å². The average molecular weight is 247 g/mol. The third kappa shape index (κ3) is 2.19. The summed E-state index contributed by atoms with van der Waals surface area (Å²) in [6, 6.07) is 6.82. The summed E-state index contributed by atoms with van der Waals surface area (Å²) in [6.45, 7) is 5.97. The van der Waals surface area contributed by atoms with Gasteiger partial charge in [-0.25, -0.2) is 0 Å². The molecule has 1 aliphatic heterocycles. The Bertz CT molecular complexity index is 442. The van der Waals surface area contributed by atoms with Crippen LogP contribution in [0.15, 0.2) is 18.2 Å². The molecule has 1 fully saturated rings. The molecule has 0 bridgehead atoms. The highest BCUT2D eigenvalue weighted by Crippen LogP contribution is 2.37. The lowest BCUT2D eigenvalue weighted by Gasteiger charge is -2.28. The molecule has 18 heavy (non-hydrogen) atoms. The van der Waals surface area contributed by atoms with Crippen LogP contribution in [0, 0.1) is 5.41 Å². The van der Waals surface area contributed by atoms with Gasteiger partial charge in [-0.2, -0.15) is 0 Å². The van der Waals surface area contributed by atoms with E-state index >= 15 is 0 Å². The van der Waals surface area contributed by atoms with Crippen LogP contribution in [0.2, 0.25) is 0 Å². The van der Waals surface area contributed by atoms with Crippen molar-refractivity contribution in [3.63, 3.8) is 0 Å². The summed E-state index contributed by atoms with van der Waals surface area (Å²) in [5, 5.41) is 3.68. The van der Waals surface area contributed by atoms with E-state index in [1.165, 1.54) is 24.8 Å². The molecule has 1 saturated carbocycles. The summed E-state index contributed by atoms with van der Waals surface area (Å²) in [7, 11) is 0. The van der Waals surface area contributed by atoms with E-state index in [-0.39, 0.29) is 0 Å². The molecule has 1 heterocycles. The Balaban J connectivity index is 1.63. The molecule has 1 aromatic carbocycles. The molecule has 3 heteroatoms. The van der Waals surface area contributed by atoms with Crippen LogP contribution >= 0.6 is 0 Å². The van der Waals surface area contributed by atoms with Crippen molar-refractivity contribution in [2.45, 2.75) is 45.7 Å². The number of hydrogen-bond acceptors (Lipinski definition) is 3. The minimum atomic E-state index is 0.349. The Morgan fingerprint density at radius 1 is 1.28 bits per heavy atom. The minimum Gasteiger partial charge on any atom is -0.454 e. The number of nitrogens with one attached hydrogen (secondary N) is 1. The maximum absolute atomic E-state index is 5.40. The molecular formula is C15H21NO2. The van der Waals surface area contributed by atoms with Gasteiger partial charge >= 0.3 is 0 Å². The van der Waals surface area contributed by atoms with E-state index in [4.69, 9.17) is 9.47 Å². The topological polar surface area (TPSA) is 30.5 Å². The van der Waals surface area contributed by atoms with Crippen molar-refractivity contribution in [2.75, 3.05) is 6.79 Å². The lowest BCUT2D eigenvalue weighted by molar-refractivity contribution is 0.174. The van der Waals surface area contributed by atoms with Crippen LogP contribution in [0.4, 0.5) is 0 Å². The predicted molar refractivity (Wildman–Crippen MR) is 70.8 cm³/mol. The molecule has 0 radical (unpaired) electrons. The number of ether oxygens (including phenoxy) is 2. The van der Waals surface area contributed by atoms with Gasteiger partial charge in [-0.15, -0.1) is 0 Å². The Hall–Kier alpha value is -1.22. The van der Waals surface area contributed by atoms with E-state index in [0.29, 0.717) is 18.2 Å². The highest BCUT2D eigenvalue weighted by atomic mass is 16.7. The minimum absolute atomic E-state index is 0.349. The molecule has 1 aromatic rings. The Morgan fingerprint density at radius 2 is 2.11 bits per heavy atom. The third-order valence-electron chi connectivity index (χ3n) is 4.25. The zero-order chi connectivity index (χ0) is 12.6. The molecular weight excluding hydrogens is 226 g/mol. The van der Waals surface area contributed by atoms with Crippen molar-refractivity contribution in [3.05, 3.63) is 23.8 Å². The van der Waals surface area contributed by atoms with Crippen LogP contribution in [0.5, 0.6) is 11.5 Å². The molecule has 0 amide bonds. The highest BCUT2D eigenvalue weighted by molar-refractivity contribution is 5.44. The van der Waals surface area contributed by atoms with Crippen LogP contribution in [0.3, 0.4) is 0 Å². The molecule has 3 nitrogen and oxygen atoms in total. The molecule has 0 saturated heterocycles. The van der Waals surface area contributed by atoms with E-state index in [1.54, 1.807) is 0 Å². The first kappa shape index (κ1) is 11.8. The molecule has 3 rings (SSSR count). The number of fused-ring (bicyclic) bond motifs is 1. The number of rotatable bonds is 3. The fraction of sp³-hybridized carbons (Fsp3) is 0.600. The summed E-state index contributed by atoms with van der Waals surface area (Å²) < 4.78 is 10.7. The second-order valence-electron chi connectivity index (χ2n) is 6.00. The van der Waals surface area contributed by atoms with Crippen LogP contribution < -0.4 is 14.8 Å². The summed E-state index contributed by atoms with van der Waals surface area (Å²) in [4.78, 5) is 0. The fourth-order valence-corrected chi connectivity index (χ4v) is 3.00. The van der Waals surface area contributed by atoms with Gasteiger partial charge in [-0.3, -0.25) is 0 Å². The van der Waals surface area contributed by atoms with Crippen molar-refractivity contribution in [2.24, 2.45) is 5.41 Å². The summed E-state index contributed by atoms with van der Waals surface area (Å²) in [5.41, 5.74) is 1.69. The first-order chi connectivity index (χ1) is 8.65. The van der Waals surface area contributed by atoms with Crippen molar-refractivity contribution in [1.82, 2.24) is 5.32 Å². The first-order valence-electron chi connectivity index (χ1n) is 6.77. The van der Waals surface area contributed by atoms with Gasteiger partial charge in [0.25, 0.3) is 0 Å². The van der Waals surface area contributed by atoms with Crippen molar-refractivity contribution < 1.29 is 9.47 Å². The average Bonchev–Trinajstić information content (AvgIpc) is 2.91. The second kappa shape index (κ2) is 4.47. The molecule has 1 aliphatic carbocycles. The Labute approximate surface area is 108 Å². The predicted octanol–water partition coefficient (Wildman–Crippen LogP) is 3.08. The van der Waals surface area contributed by atoms with E-state index in [2.05, 4.69) is 31.3 Å². The molecule has 0 aromatic heterocycles. The van der Waals surface area contributed by atoms with Gasteiger partial charge in [0.15, 0.2) is 11.5 Å². The van der Waals surface area contributed by atoms with E-state index < -0.39 is 0 Å². The van der Waals surface area contributed by atoms with Crippen molar-refractivity contribution in [1.29, 1.82) is 0 Å². The van der Waals surface area contributed by atoms with Gasteiger partial charge < -0.3 is 14.8 Å². The maximum Gasteiger partial charge on any atom is 0.231 e. The fourth-order valence-electron chi connectivity index (χ4n) is 3.00. The number of hydrogen-bond donors (Lipinski definition) is 1. The van der Waals surface area contributed by atoms with Crippen LogP contribution in [0.1, 0.15) is 38.7 Å². The van der Waals surface area contributed by atoms with Gasteiger partial charge in [0, 0.05) is 12.6 Å². The van der Waals surface area contributed by atoms with Crippen LogP contribution in [0.25, 0.3) is 0 Å². The lowest BCUT2D eigenvalue weighted by atomic mass is 9.87. The summed E-state index contributed by atoms with van der Waals surface area (Å²) >= 11 is 0. The van der Waals surface area contributed by atoms with E-state index in [0.717, 1.165) is 18.0 Å². The third-order valence-corrected chi connectivity index (χ3v) is 4.25. The highest BCUT2D eigenvalue weighted by Gasteiger charge is 2.33. The molecule has 2 aliphatic rings. The standard InChI is InChI=1S/C15H21NO2/c1-15(2)7-3-4-14(15)16-9-11-5-6-12-13(8-11)18-10-17-12/h5-6,8,14,16H,3-4,7,9-10H2,1-2H3. The second-order valence-corrected chi connectivity index (χ2v) is 6.00. The zero-order valence-electron chi connectivity index (χ0n) is 11.2. The van der Waals surface area contributed by atoms with Gasteiger partial charge in [0.2, 0.25) is 6.79 Å².